The molecular formula is C23H28N4. The van der Waals surface area contributed by atoms with Gasteiger partial charge in [0.05, 0.1) is 5.52 Å². The quantitative estimate of drug-likeness (QED) is 0.651. The van der Waals surface area contributed by atoms with Gasteiger partial charge in [0.25, 0.3) is 0 Å². The van der Waals surface area contributed by atoms with Gasteiger partial charge in [-0.25, -0.2) is 9.97 Å². The molecule has 0 aliphatic carbocycles. The summed E-state index contributed by atoms with van der Waals surface area (Å²) in [7, 11) is 4.14. The summed E-state index contributed by atoms with van der Waals surface area (Å²) in [5, 5.41) is 4.50. The van der Waals surface area contributed by atoms with Gasteiger partial charge in [-0.3, -0.25) is 0 Å². The molecule has 0 saturated carbocycles. The number of hydrogen-bond acceptors (Lipinski definition) is 4. The number of fused-ring (bicyclic) bond motifs is 1. The van der Waals surface area contributed by atoms with Crippen LogP contribution < -0.4 is 5.32 Å². The molecule has 0 atom stereocenters. The Morgan fingerprint density at radius 3 is 2.41 bits per heavy atom. The zero-order chi connectivity index (χ0) is 19.2. The van der Waals surface area contributed by atoms with E-state index in [1.807, 2.05) is 24.3 Å². The van der Waals surface area contributed by atoms with E-state index in [0.29, 0.717) is 11.7 Å². The Hall–Kier alpha value is -2.72. The Labute approximate surface area is 162 Å². The summed E-state index contributed by atoms with van der Waals surface area (Å²) < 4.78 is 0. The molecule has 0 unspecified atom stereocenters. The average Bonchev–Trinajstić information content (AvgIpc) is 2.66. The van der Waals surface area contributed by atoms with Crippen molar-refractivity contribution in [2.24, 2.45) is 0 Å². The number of anilines is 1. The van der Waals surface area contributed by atoms with Crippen molar-refractivity contribution >= 4 is 28.9 Å². The molecule has 0 spiro atoms. The Bertz CT molecular complexity index is 911. The van der Waals surface area contributed by atoms with E-state index < -0.39 is 0 Å². The molecule has 1 aromatic heterocycles. The second-order valence-corrected chi connectivity index (χ2v) is 7.33. The van der Waals surface area contributed by atoms with E-state index in [1.165, 1.54) is 5.56 Å². The van der Waals surface area contributed by atoms with Crippen LogP contribution in [0.5, 0.6) is 0 Å². The van der Waals surface area contributed by atoms with Gasteiger partial charge in [0, 0.05) is 18.5 Å². The first-order valence-electron chi connectivity index (χ1n) is 9.46. The number of rotatable bonds is 7. The number of hydrogen-bond donors (Lipinski definition) is 1. The van der Waals surface area contributed by atoms with E-state index in [2.05, 4.69) is 74.6 Å². The molecule has 3 aromatic rings. The lowest BCUT2D eigenvalue weighted by molar-refractivity contribution is 0.425. The Morgan fingerprint density at radius 2 is 1.70 bits per heavy atom. The van der Waals surface area contributed by atoms with Crippen molar-refractivity contribution in [1.29, 1.82) is 0 Å². The maximum absolute atomic E-state index is 4.73. The lowest BCUT2D eigenvalue weighted by Crippen LogP contribution is -2.21. The number of likely N-dealkylation sites (N-methyl/N-ethyl adjacent to an activating group) is 1. The Kier molecular flexibility index (Phi) is 6.20. The number of nitrogens with one attached hydrogen (secondary N) is 1. The van der Waals surface area contributed by atoms with Gasteiger partial charge in [0.15, 0.2) is 5.82 Å². The van der Waals surface area contributed by atoms with Crippen LogP contribution in [0.25, 0.3) is 23.1 Å². The van der Waals surface area contributed by atoms with Crippen LogP contribution in [-0.2, 0) is 0 Å². The third kappa shape index (κ3) is 5.14. The highest BCUT2D eigenvalue weighted by molar-refractivity contribution is 5.90. The van der Waals surface area contributed by atoms with Gasteiger partial charge in [0.2, 0.25) is 0 Å². The highest BCUT2D eigenvalue weighted by Crippen LogP contribution is 2.21. The molecule has 3 rings (SSSR count). The molecule has 4 heteroatoms. The second kappa shape index (κ2) is 8.78. The van der Waals surface area contributed by atoms with Crippen LogP contribution in [0, 0.1) is 0 Å². The van der Waals surface area contributed by atoms with Crippen molar-refractivity contribution < 1.29 is 0 Å². The predicted octanol–water partition coefficient (Wildman–Crippen LogP) is 4.90. The van der Waals surface area contributed by atoms with E-state index in [-0.39, 0.29) is 0 Å². The molecule has 4 nitrogen and oxygen atoms in total. The SMILES string of the molecule is CC(C)c1ccc(C=Cc2nc(NCCN(C)C)c3ccccc3n2)cc1. The van der Waals surface area contributed by atoms with Crippen molar-refractivity contribution in [3.8, 4) is 0 Å². The number of nitrogens with zero attached hydrogens (tertiary/aromatic N) is 3. The Balaban J connectivity index is 1.85. The van der Waals surface area contributed by atoms with Gasteiger partial charge in [-0.05, 0) is 49.3 Å². The van der Waals surface area contributed by atoms with Gasteiger partial charge in [-0.15, -0.1) is 0 Å². The zero-order valence-electron chi connectivity index (χ0n) is 16.6. The Morgan fingerprint density at radius 1 is 0.963 bits per heavy atom. The highest BCUT2D eigenvalue weighted by Gasteiger charge is 2.06. The maximum Gasteiger partial charge on any atom is 0.154 e. The smallest absolute Gasteiger partial charge is 0.154 e. The molecule has 0 saturated heterocycles. The molecule has 0 aliphatic rings. The average molecular weight is 361 g/mol. The summed E-state index contributed by atoms with van der Waals surface area (Å²) in [6, 6.07) is 16.8. The van der Waals surface area contributed by atoms with Gasteiger partial charge < -0.3 is 10.2 Å². The number of benzene rings is 2. The lowest BCUT2D eigenvalue weighted by Gasteiger charge is -2.12. The predicted molar refractivity (Wildman–Crippen MR) is 116 cm³/mol. The van der Waals surface area contributed by atoms with Crippen molar-refractivity contribution in [2.45, 2.75) is 19.8 Å². The summed E-state index contributed by atoms with van der Waals surface area (Å²) >= 11 is 0. The van der Waals surface area contributed by atoms with Gasteiger partial charge in [-0.1, -0.05) is 56.3 Å². The summed E-state index contributed by atoms with van der Waals surface area (Å²) in [4.78, 5) is 11.6. The maximum atomic E-state index is 4.73. The molecule has 2 aromatic carbocycles. The third-order valence-electron chi connectivity index (χ3n) is 4.50. The van der Waals surface area contributed by atoms with Crippen molar-refractivity contribution in [3.05, 3.63) is 65.5 Å². The van der Waals surface area contributed by atoms with Crippen LogP contribution in [0.4, 0.5) is 5.82 Å². The van der Waals surface area contributed by atoms with Gasteiger partial charge in [-0.2, -0.15) is 0 Å². The first kappa shape index (κ1) is 19.1. The third-order valence-corrected chi connectivity index (χ3v) is 4.50. The minimum Gasteiger partial charge on any atom is -0.368 e. The number of aromatic nitrogens is 2. The fourth-order valence-corrected chi connectivity index (χ4v) is 2.86. The van der Waals surface area contributed by atoms with Crippen LogP contribution in [-0.4, -0.2) is 42.1 Å². The minimum atomic E-state index is 0.544. The monoisotopic (exact) mass is 360 g/mol. The molecular weight excluding hydrogens is 332 g/mol. The van der Waals surface area contributed by atoms with E-state index in [1.54, 1.807) is 0 Å². The van der Waals surface area contributed by atoms with Gasteiger partial charge >= 0.3 is 0 Å². The molecule has 0 amide bonds. The van der Waals surface area contributed by atoms with E-state index >= 15 is 0 Å². The molecule has 1 N–H and O–H groups in total. The van der Waals surface area contributed by atoms with Crippen LogP contribution in [0.2, 0.25) is 0 Å². The zero-order valence-corrected chi connectivity index (χ0v) is 16.6. The van der Waals surface area contributed by atoms with Crippen LogP contribution in [0.15, 0.2) is 48.5 Å². The van der Waals surface area contributed by atoms with E-state index in [0.717, 1.165) is 35.4 Å². The number of para-hydroxylation sites is 1. The molecule has 0 fully saturated rings. The van der Waals surface area contributed by atoms with Crippen molar-refractivity contribution in [3.63, 3.8) is 0 Å². The van der Waals surface area contributed by atoms with Crippen LogP contribution in [0.3, 0.4) is 0 Å². The van der Waals surface area contributed by atoms with Crippen molar-refractivity contribution in [2.75, 3.05) is 32.5 Å². The molecule has 0 aliphatic heterocycles. The largest absolute Gasteiger partial charge is 0.368 e. The molecule has 0 radical (unpaired) electrons. The minimum absolute atomic E-state index is 0.544. The summed E-state index contributed by atoms with van der Waals surface area (Å²) in [6.45, 7) is 6.21. The lowest BCUT2D eigenvalue weighted by atomic mass is 10.0. The summed E-state index contributed by atoms with van der Waals surface area (Å²) in [5.74, 6) is 2.15. The normalized spacial score (nSPS) is 11.8. The van der Waals surface area contributed by atoms with Gasteiger partial charge in [0.1, 0.15) is 5.82 Å². The summed E-state index contributed by atoms with van der Waals surface area (Å²) in [5.41, 5.74) is 3.45. The first-order chi connectivity index (χ1) is 13.0. The molecule has 0 bridgehead atoms. The fraction of sp³-hybridized carbons (Fsp3) is 0.304. The van der Waals surface area contributed by atoms with Crippen LogP contribution in [0.1, 0.15) is 36.7 Å². The highest BCUT2D eigenvalue weighted by atomic mass is 15.1. The summed E-state index contributed by atoms with van der Waals surface area (Å²) in [6.07, 6.45) is 4.05. The standard InChI is InChI=1S/C23H28N4/c1-17(2)19-12-9-18(10-13-19)11-14-22-25-21-8-6-5-7-20(21)23(26-22)24-15-16-27(3)4/h5-14,17H,15-16H2,1-4H3,(H,24,25,26). The van der Waals surface area contributed by atoms with E-state index in [4.69, 9.17) is 9.97 Å². The van der Waals surface area contributed by atoms with Crippen LogP contribution >= 0.6 is 0 Å². The molecule has 27 heavy (non-hydrogen) atoms. The van der Waals surface area contributed by atoms with Crippen molar-refractivity contribution in [1.82, 2.24) is 14.9 Å². The second-order valence-electron chi connectivity index (χ2n) is 7.33. The van der Waals surface area contributed by atoms with E-state index in [9.17, 15) is 0 Å². The first-order valence-corrected chi connectivity index (χ1v) is 9.46. The molecule has 1 heterocycles. The molecule has 140 valence electrons. The topological polar surface area (TPSA) is 41.1 Å². The fourth-order valence-electron chi connectivity index (χ4n) is 2.86.